The second-order valence-electron chi connectivity index (χ2n) is 6.19. The first-order chi connectivity index (χ1) is 9.43. The number of nitrogens with one attached hydrogen (secondary N) is 1. The second-order valence-corrected chi connectivity index (χ2v) is 7.75. The monoisotopic (exact) mass is 313 g/mol. The summed E-state index contributed by atoms with van der Waals surface area (Å²) in [6.07, 6.45) is 0. The molecule has 5 N–H and O–H groups in total. The first-order valence-electron chi connectivity index (χ1n) is 6.61. The topological polar surface area (TPSA) is 115 Å². The number of sulfonamides is 1. The Balaban J connectivity index is 2.81. The first kappa shape index (κ1) is 17.6. The van der Waals surface area contributed by atoms with Crippen molar-refractivity contribution in [1.29, 1.82) is 0 Å². The molecule has 0 spiro atoms. The Morgan fingerprint density at radius 2 is 1.67 bits per heavy atom. The Bertz CT molecular complexity index is 603. The molecule has 0 heterocycles. The molecule has 118 valence electrons. The molecule has 1 unspecified atom stereocenters. The number of rotatable bonds is 4. The van der Waals surface area contributed by atoms with Gasteiger partial charge in [-0.05, 0) is 30.0 Å². The highest BCUT2D eigenvalue weighted by Crippen LogP contribution is 2.20. The van der Waals surface area contributed by atoms with Gasteiger partial charge in [-0.15, -0.1) is 0 Å². The number of primary sulfonamides is 1. The van der Waals surface area contributed by atoms with E-state index in [0.29, 0.717) is 0 Å². The summed E-state index contributed by atoms with van der Waals surface area (Å²) >= 11 is 0. The summed E-state index contributed by atoms with van der Waals surface area (Å²) in [5.74, 6) is -0.245. The third kappa shape index (κ3) is 4.80. The van der Waals surface area contributed by atoms with Crippen molar-refractivity contribution in [3.05, 3.63) is 29.8 Å². The highest BCUT2D eigenvalue weighted by atomic mass is 32.2. The number of nitrogens with two attached hydrogens (primary N) is 2. The van der Waals surface area contributed by atoms with Gasteiger partial charge in [-0.25, -0.2) is 13.6 Å². The van der Waals surface area contributed by atoms with Crippen LogP contribution in [0, 0.1) is 5.41 Å². The van der Waals surface area contributed by atoms with E-state index in [2.05, 4.69) is 5.32 Å². The maximum absolute atomic E-state index is 12.0. The lowest BCUT2D eigenvalue weighted by Gasteiger charge is -2.27. The molecule has 1 aromatic rings. The van der Waals surface area contributed by atoms with Crippen LogP contribution in [0.5, 0.6) is 0 Å². The number of hydrogen-bond acceptors (Lipinski definition) is 4. The highest BCUT2D eigenvalue weighted by Gasteiger charge is 2.28. The predicted molar refractivity (Wildman–Crippen MR) is 81.8 cm³/mol. The van der Waals surface area contributed by atoms with Crippen molar-refractivity contribution < 1.29 is 13.2 Å². The van der Waals surface area contributed by atoms with Crippen LogP contribution in [-0.4, -0.2) is 20.4 Å². The van der Waals surface area contributed by atoms with E-state index in [1.807, 2.05) is 20.8 Å². The van der Waals surface area contributed by atoms with Crippen molar-refractivity contribution in [2.75, 3.05) is 0 Å². The third-order valence-electron chi connectivity index (χ3n) is 3.28. The van der Waals surface area contributed by atoms with Gasteiger partial charge >= 0.3 is 0 Å². The molecule has 0 aliphatic carbocycles. The van der Waals surface area contributed by atoms with Gasteiger partial charge in [-0.3, -0.25) is 4.79 Å². The minimum Gasteiger partial charge on any atom is -0.348 e. The summed E-state index contributed by atoms with van der Waals surface area (Å²) < 4.78 is 22.4. The van der Waals surface area contributed by atoms with Crippen LogP contribution in [0.1, 0.15) is 39.3 Å². The van der Waals surface area contributed by atoms with Crippen LogP contribution in [0.2, 0.25) is 0 Å². The first-order valence-corrected chi connectivity index (χ1v) is 8.16. The summed E-state index contributed by atoms with van der Waals surface area (Å²) in [6.45, 7) is 7.48. The van der Waals surface area contributed by atoms with Gasteiger partial charge in [-0.2, -0.15) is 0 Å². The van der Waals surface area contributed by atoms with Crippen molar-refractivity contribution in [3.63, 3.8) is 0 Å². The molecule has 0 aliphatic heterocycles. The van der Waals surface area contributed by atoms with E-state index in [9.17, 15) is 13.2 Å². The largest absolute Gasteiger partial charge is 0.348 e. The number of benzene rings is 1. The van der Waals surface area contributed by atoms with E-state index in [1.54, 1.807) is 19.1 Å². The van der Waals surface area contributed by atoms with Gasteiger partial charge in [0.15, 0.2) is 0 Å². The van der Waals surface area contributed by atoms with E-state index in [-0.39, 0.29) is 22.3 Å². The zero-order valence-corrected chi connectivity index (χ0v) is 13.6. The van der Waals surface area contributed by atoms with E-state index < -0.39 is 16.1 Å². The molecule has 0 aromatic heterocycles. The standard InChI is InChI=1S/C14H23N3O3S/c1-9(17-13(18)12(15)14(2,3)4)10-5-7-11(8-6-10)21(16,19)20/h5-9,12H,15H2,1-4H3,(H,17,18)(H2,16,19,20)/t9?,12-/m1/s1. The zero-order chi connectivity index (χ0) is 16.4. The van der Waals surface area contributed by atoms with E-state index in [0.717, 1.165) is 5.56 Å². The molecule has 2 atom stereocenters. The van der Waals surface area contributed by atoms with Gasteiger partial charge in [-0.1, -0.05) is 32.9 Å². The van der Waals surface area contributed by atoms with Gasteiger partial charge in [0.05, 0.1) is 17.0 Å². The van der Waals surface area contributed by atoms with Crippen LogP contribution >= 0.6 is 0 Å². The van der Waals surface area contributed by atoms with Crippen LogP contribution < -0.4 is 16.2 Å². The van der Waals surface area contributed by atoms with Gasteiger partial charge in [0.1, 0.15) is 0 Å². The van der Waals surface area contributed by atoms with E-state index in [4.69, 9.17) is 10.9 Å². The molecule has 0 aliphatic rings. The molecule has 1 rings (SSSR count). The highest BCUT2D eigenvalue weighted by molar-refractivity contribution is 7.89. The van der Waals surface area contributed by atoms with E-state index in [1.165, 1.54) is 12.1 Å². The smallest absolute Gasteiger partial charge is 0.238 e. The van der Waals surface area contributed by atoms with Crippen molar-refractivity contribution in [2.45, 2.75) is 44.7 Å². The van der Waals surface area contributed by atoms with E-state index >= 15 is 0 Å². The molecule has 0 fully saturated rings. The summed E-state index contributed by atoms with van der Waals surface area (Å²) in [6, 6.07) is 5.17. The fraction of sp³-hybridized carbons (Fsp3) is 0.500. The number of carbonyl (C=O) groups excluding carboxylic acids is 1. The van der Waals surface area contributed by atoms with Gasteiger partial charge in [0, 0.05) is 0 Å². The lowest BCUT2D eigenvalue weighted by molar-refractivity contribution is -0.125. The van der Waals surface area contributed by atoms with Crippen molar-refractivity contribution in [2.24, 2.45) is 16.3 Å². The molecular formula is C14H23N3O3S. The SMILES string of the molecule is CC(NC(=O)[C@@H](N)C(C)(C)C)c1ccc(S(N)(=O)=O)cc1. The predicted octanol–water partition coefficient (Wildman–Crippen LogP) is 0.885. The summed E-state index contributed by atoms with van der Waals surface area (Å²) in [4.78, 5) is 12.1. The Labute approximate surface area is 126 Å². The minimum atomic E-state index is -3.71. The Morgan fingerprint density at radius 1 is 1.19 bits per heavy atom. The third-order valence-corrected chi connectivity index (χ3v) is 4.21. The van der Waals surface area contributed by atoms with Crippen LogP contribution in [-0.2, 0) is 14.8 Å². The summed E-state index contributed by atoms with van der Waals surface area (Å²) in [7, 11) is -3.71. The van der Waals surface area contributed by atoms with Crippen LogP contribution in [0.15, 0.2) is 29.2 Å². The number of amides is 1. The maximum atomic E-state index is 12.0. The normalized spacial score (nSPS) is 15.3. The second kappa shape index (κ2) is 6.13. The molecule has 0 saturated carbocycles. The molecule has 21 heavy (non-hydrogen) atoms. The fourth-order valence-corrected chi connectivity index (χ4v) is 2.24. The van der Waals surface area contributed by atoms with Crippen LogP contribution in [0.25, 0.3) is 0 Å². The Morgan fingerprint density at radius 3 is 2.05 bits per heavy atom. The van der Waals surface area contributed by atoms with Gasteiger partial charge < -0.3 is 11.1 Å². The molecule has 1 aromatic carbocycles. The zero-order valence-electron chi connectivity index (χ0n) is 12.8. The number of carbonyl (C=O) groups is 1. The summed E-state index contributed by atoms with van der Waals surface area (Å²) in [5.41, 5.74) is 6.34. The van der Waals surface area contributed by atoms with Crippen LogP contribution in [0.3, 0.4) is 0 Å². The Hall–Kier alpha value is -1.44. The maximum Gasteiger partial charge on any atom is 0.238 e. The fourth-order valence-electron chi connectivity index (χ4n) is 1.73. The number of hydrogen-bond donors (Lipinski definition) is 3. The molecule has 0 saturated heterocycles. The quantitative estimate of drug-likeness (QED) is 0.765. The molecule has 1 amide bonds. The molecule has 0 radical (unpaired) electrons. The molecule has 6 nitrogen and oxygen atoms in total. The summed E-state index contributed by atoms with van der Waals surface area (Å²) in [5, 5.41) is 7.85. The minimum absolute atomic E-state index is 0.0381. The molecule has 0 bridgehead atoms. The van der Waals surface area contributed by atoms with Gasteiger partial charge in [0.25, 0.3) is 0 Å². The van der Waals surface area contributed by atoms with Crippen molar-refractivity contribution in [3.8, 4) is 0 Å². The lowest BCUT2D eigenvalue weighted by atomic mass is 9.86. The Kier molecular flexibility index (Phi) is 5.14. The van der Waals surface area contributed by atoms with Crippen LogP contribution in [0.4, 0.5) is 0 Å². The average Bonchev–Trinajstić information content (AvgIpc) is 2.35. The average molecular weight is 313 g/mol. The van der Waals surface area contributed by atoms with Crippen molar-refractivity contribution >= 4 is 15.9 Å². The molecular weight excluding hydrogens is 290 g/mol. The lowest BCUT2D eigenvalue weighted by Crippen LogP contribution is -2.49. The van der Waals surface area contributed by atoms with Crippen molar-refractivity contribution in [1.82, 2.24) is 5.32 Å². The van der Waals surface area contributed by atoms with Gasteiger partial charge in [0.2, 0.25) is 15.9 Å². The molecule has 7 heteroatoms.